The van der Waals surface area contributed by atoms with Gasteiger partial charge in [0.05, 0.1) is 13.2 Å². The Morgan fingerprint density at radius 3 is 2.74 bits per heavy atom. The molecule has 8 heteroatoms. The summed E-state index contributed by atoms with van der Waals surface area (Å²) >= 11 is 1.70. The number of thiazole rings is 1. The minimum atomic E-state index is -0.152. The van der Waals surface area contributed by atoms with E-state index in [2.05, 4.69) is 27.5 Å². The largest absolute Gasteiger partial charge is 0.466 e. The number of esters is 1. The number of aliphatic imine (C=N–C) groups is 1. The maximum absolute atomic E-state index is 11.3. The van der Waals surface area contributed by atoms with Crippen LogP contribution in [0.2, 0.25) is 0 Å². The summed E-state index contributed by atoms with van der Waals surface area (Å²) in [5, 5.41) is 7.42. The average Bonchev–Trinajstić information content (AvgIpc) is 2.97. The number of hydrogen-bond acceptors (Lipinski definition) is 5. The fraction of sp³-hybridized carbons (Fsp3) is 0.667. The molecule has 0 saturated heterocycles. The van der Waals surface area contributed by atoms with Crippen molar-refractivity contribution in [3.05, 3.63) is 16.1 Å². The molecule has 0 atom stereocenters. The lowest BCUT2D eigenvalue weighted by Crippen LogP contribution is -2.37. The van der Waals surface area contributed by atoms with E-state index in [1.54, 1.807) is 11.3 Å². The molecule has 0 unspecified atom stereocenters. The van der Waals surface area contributed by atoms with E-state index in [1.807, 2.05) is 20.0 Å². The topological polar surface area (TPSA) is 75.6 Å². The highest BCUT2D eigenvalue weighted by atomic mass is 127. The van der Waals surface area contributed by atoms with Crippen molar-refractivity contribution in [2.75, 3.05) is 19.7 Å². The Morgan fingerprint density at radius 2 is 2.13 bits per heavy atom. The van der Waals surface area contributed by atoms with Crippen LogP contribution in [0.5, 0.6) is 0 Å². The quantitative estimate of drug-likeness (QED) is 0.197. The molecule has 0 fully saturated rings. The molecule has 132 valence electrons. The molecule has 1 aromatic heterocycles. The van der Waals surface area contributed by atoms with Gasteiger partial charge in [-0.25, -0.2) is 9.98 Å². The fourth-order valence-electron chi connectivity index (χ4n) is 1.75. The van der Waals surface area contributed by atoms with Crippen LogP contribution < -0.4 is 10.6 Å². The Kier molecular flexibility index (Phi) is 13.0. The fourth-order valence-corrected chi connectivity index (χ4v) is 2.53. The lowest BCUT2D eigenvalue weighted by molar-refractivity contribution is -0.143. The molecule has 0 saturated carbocycles. The molecule has 0 aliphatic rings. The standard InChI is InChI=1S/C15H26N4O2S.HI/c1-4-12-10-18-13(22-12)11-19-15(16-5-2)17-9-7-8-14(20)21-6-3;/h10H,4-9,11H2,1-3H3,(H2,16,17,19);1H. The van der Waals surface area contributed by atoms with E-state index in [-0.39, 0.29) is 29.9 Å². The smallest absolute Gasteiger partial charge is 0.305 e. The number of aromatic nitrogens is 1. The minimum absolute atomic E-state index is 0. The number of nitrogens with one attached hydrogen (secondary N) is 2. The number of carbonyl (C=O) groups is 1. The molecule has 1 rings (SSSR count). The van der Waals surface area contributed by atoms with Crippen molar-refractivity contribution in [2.45, 2.75) is 46.6 Å². The van der Waals surface area contributed by atoms with Crippen molar-refractivity contribution in [3.8, 4) is 0 Å². The first-order valence-corrected chi connectivity index (χ1v) is 8.62. The number of nitrogens with zero attached hydrogens (tertiary/aromatic N) is 2. The van der Waals surface area contributed by atoms with Gasteiger partial charge in [0, 0.05) is 30.6 Å². The van der Waals surface area contributed by atoms with E-state index in [0.717, 1.165) is 30.4 Å². The van der Waals surface area contributed by atoms with Crippen LogP contribution in [-0.4, -0.2) is 36.6 Å². The third kappa shape index (κ3) is 9.75. The number of carbonyl (C=O) groups excluding carboxylic acids is 1. The molecule has 0 aromatic carbocycles. The molecule has 0 spiro atoms. The summed E-state index contributed by atoms with van der Waals surface area (Å²) in [6.45, 7) is 8.44. The molecule has 6 nitrogen and oxygen atoms in total. The summed E-state index contributed by atoms with van der Waals surface area (Å²) < 4.78 is 4.90. The summed E-state index contributed by atoms with van der Waals surface area (Å²) in [6.07, 6.45) is 4.07. The first-order chi connectivity index (χ1) is 10.7. The van der Waals surface area contributed by atoms with Crippen molar-refractivity contribution < 1.29 is 9.53 Å². The summed E-state index contributed by atoms with van der Waals surface area (Å²) in [6, 6.07) is 0. The predicted molar refractivity (Wildman–Crippen MR) is 106 cm³/mol. The Labute approximate surface area is 159 Å². The zero-order valence-corrected chi connectivity index (χ0v) is 17.2. The number of aryl methyl sites for hydroxylation is 1. The lowest BCUT2D eigenvalue weighted by Gasteiger charge is -2.10. The Bertz CT molecular complexity index is 480. The van der Waals surface area contributed by atoms with Crippen molar-refractivity contribution >= 4 is 47.2 Å². The van der Waals surface area contributed by atoms with Gasteiger partial charge in [-0.15, -0.1) is 35.3 Å². The van der Waals surface area contributed by atoms with Gasteiger partial charge in [-0.3, -0.25) is 4.79 Å². The summed E-state index contributed by atoms with van der Waals surface area (Å²) in [5.41, 5.74) is 0. The van der Waals surface area contributed by atoms with Crippen LogP contribution in [0.25, 0.3) is 0 Å². The van der Waals surface area contributed by atoms with Gasteiger partial charge in [0.1, 0.15) is 5.01 Å². The van der Waals surface area contributed by atoms with Crippen molar-refractivity contribution in [1.82, 2.24) is 15.6 Å². The van der Waals surface area contributed by atoms with E-state index in [9.17, 15) is 4.79 Å². The van der Waals surface area contributed by atoms with Crippen molar-refractivity contribution in [2.24, 2.45) is 4.99 Å². The molecule has 0 aliphatic carbocycles. The molecule has 0 aliphatic heterocycles. The van der Waals surface area contributed by atoms with Gasteiger partial charge in [0.2, 0.25) is 0 Å². The van der Waals surface area contributed by atoms with E-state index < -0.39 is 0 Å². The van der Waals surface area contributed by atoms with E-state index in [0.29, 0.717) is 26.1 Å². The Hall–Kier alpha value is -0.900. The van der Waals surface area contributed by atoms with Crippen molar-refractivity contribution in [1.29, 1.82) is 0 Å². The van der Waals surface area contributed by atoms with Gasteiger partial charge in [-0.05, 0) is 26.7 Å². The first-order valence-electron chi connectivity index (χ1n) is 7.80. The van der Waals surface area contributed by atoms with Crippen LogP contribution in [0, 0.1) is 0 Å². The third-order valence-electron chi connectivity index (χ3n) is 2.82. The van der Waals surface area contributed by atoms with Gasteiger partial charge in [0.25, 0.3) is 0 Å². The zero-order valence-electron chi connectivity index (χ0n) is 14.1. The predicted octanol–water partition coefficient (Wildman–Crippen LogP) is 2.72. The van der Waals surface area contributed by atoms with E-state index >= 15 is 0 Å². The molecule has 0 amide bonds. The summed E-state index contributed by atoms with van der Waals surface area (Å²) in [4.78, 5) is 21.4. The molecular formula is C15H27IN4O2S. The lowest BCUT2D eigenvalue weighted by atomic mass is 10.3. The van der Waals surface area contributed by atoms with Crippen LogP contribution in [0.4, 0.5) is 0 Å². The second-order valence-corrected chi connectivity index (χ2v) is 5.80. The number of hydrogen-bond donors (Lipinski definition) is 2. The SMILES string of the molecule is CCNC(=NCc1ncc(CC)s1)NCCCC(=O)OCC.I. The maximum Gasteiger partial charge on any atom is 0.305 e. The first kappa shape index (κ1) is 22.1. The van der Waals surface area contributed by atoms with Gasteiger partial charge in [-0.1, -0.05) is 6.92 Å². The third-order valence-corrected chi connectivity index (χ3v) is 3.95. The zero-order chi connectivity index (χ0) is 16.2. The van der Waals surface area contributed by atoms with Crippen LogP contribution >= 0.6 is 35.3 Å². The molecule has 2 N–H and O–H groups in total. The average molecular weight is 454 g/mol. The molecule has 0 bridgehead atoms. The number of guanidine groups is 1. The maximum atomic E-state index is 11.3. The number of halogens is 1. The highest BCUT2D eigenvalue weighted by Crippen LogP contribution is 2.13. The molecular weight excluding hydrogens is 427 g/mol. The van der Waals surface area contributed by atoms with E-state index in [4.69, 9.17) is 4.74 Å². The summed E-state index contributed by atoms with van der Waals surface area (Å²) in [5.74, 6) is 0.598. The second-order valence-electron chi connectivity index (χ2n) is 4.60. The Morgan fingerprint density at radius 1 is 1.35 bits per heavy atom. The highest BCUT2D eigenvalue weighted by Gasteiger charge is 2.03. The van der Waals surface area contributed by atoms with Gasteiger partial charge < -0.3 is 15.4 Å². The number of rotatable bonds is 9. The van der Waals surface area contributed by atoms with Crippen LogP contribution in [0.3, 0.4) is 0 Å². The molecule has 1 heterocycles. The number of ether oxygens (including phenoxy) is 1. The van der Waals surface area contributed by atoms with Crippen LogP contribution in [-0.2, 0) is 22.5 Å². The monoisotopic (exact) mass is 454 g/mol. The molecule has 1 aromatic rings. The van der Waals surface area contributed by atoms with Crippen LogP contribution in [0.1, 0.15) is 43.5 Å². The van der Waals surface area contributed by atoms with Gasteiger partial charge in [-0.2, -0.15) is 0 Å². The minimum Gasteiger partial charge on any atom is -0.466 e. The Balaban J connectivity index is 0.00000484. The van der Waals surface area contributed by atoms with Crippen LogP contribution in [0.15, 0.2) is 11.2 Å². The molecule has 23 heavy (non-hydrogen) atoms. The van der Waals surface area contributed by atoms with E-state index in [1.165, 1.54) is 4.88 Å². The normalized spacial score (nSPS) is 10.8. The van der Waals surface area contributed by atoms with Gasteiger partial charge in [0.15, 0.2) is 5.96 Å². The second kappa shape index (κ2) is 13.5. The molecule has 0 radical (unpaired) electrons. The highest BCUT2D eigenvalue weighted by molar-refractivity contribution is 14.0. The van der Waals surface area contributed by atoms with Crippen molar-refractivity contribution in [3.63, 3.8) is 0 Å². The summed E-state index contributed by atoms with van der Waals surface area (Å²) in [7, 11) is 0. The van der Waals surface area contributed by atoms with Gasteiger partial charge >= 0.3 is 5.97 Å².